The smallest absolute Gasteiger partial charge is 0.366 e. The van der Waals surface area contributed by atoms with Crippen LogP contribution in [0.4, 0.5) is 0 Å². The SMILES string of the molecule is COC(=O)[C@@]1(O[C@H]2[C@@H](OCc3ccccc3)[C@@H](COCc3ccccc3)O[C@@H](O[C@H]3[C@H](OCc4ccccc4)[C@@H](OCc4ccccc4)[C@H](OCC[Si](C)(C)C)O[C@@H]3COCc3ccccc3)[C@@H]2OCc2ccccc2)C[C@H](OC(C)=O)[C@@H](N(C(C)=O)C(C)=O)[C@H]([C@H](OC(C)=O)[C@@H](COC(C)=O)OC(C)=O)O1. The standard InChI is InChI=1S/C81H99NO24Si/c1-53(83)82(54(2)84)69-65(99-56(4)86)43-81(80(89)90-7,105-73(69)71(101-58(6)88)68(100-57(5)87)52-94-55(3)85)106-75-70(95-46-61-33-21-13-22-34-61)66(50-91-44-59-29-17-11-18-30-59)103-79(77(75)98-49-64-39-27-16-28-40-64)104-72-67(51-92-45-60-31-19-12-20-32-60)102-78(93-41-42-107(8,9)10)76(97-48-63-37-25-15-26-38-63)74(72)96-47-62-35-23-14-24-36-62/h11-40,65-79H,41-52H2,1-10H3/t65-,66+,67+,68+,69+,70-,71+,72+,73+,74-,75-,76+,77+,78+,79-,81-/m0/s1. The Morgan fingerprint density at radius 2 is 0.888 bits per heavy atom. The maximum absolute atomic E-state index is 15.8. The fraction of sp³-hybridized carbons (Fsp3) is 0.469. The number of carbonyl (C=O) groups is 7. The second-order valence-corrected chi connectivity index (χ2v) is 33.2. The fourth-order valence-corrected chi connectivity index (χ4v) is 13.7. The third-order valence-corrected chi connectivity index (χ3v) is 19.6. The second-order valence-electron chi connectivity index (χ2n) is 27.6. The monoisotopic (exact) mass is 1500 g/mol. The summed E-state index contributed by atoms with van der Waals surface area (Å²) >= 11 is 0. The maximum atomic E-state index is 15.8. The predicted octanol–water partition coefficient (Wildman–Crippen LogP) is 10.1. The van der Waals surface area contributed by atoms with Crippen molar-refractivity contribution in [3.05, 3.63) is 215 Å². The third kappa shape index (κ3) is 24.5. The van der Waals surface area contributed by atoms with Gasteiger partial charge >= 0.3 is 29.8 Å². The first-order valence-electron chi connectivity index (χ1n) is 35.8. The van der Waals surface area contributed by atoms with E-state index in [0.717, 1.165) is 77.0 Å². The minimum absolute atomic E-state index is 0.0230. The second kappa shape index (κ2) is 40.7. The van der Waals surface area contributed by atoms with Gasteiger partial charge in [0.2, 0.25) is 11.8 Å². The van der Waals surface area contributed by atoms with Crippen LogP contribution in [0, 0.1) is 0 Å². The van der Waals surface area contributed by atoms with Crippen molar-refractivity contribution in [2.45, 2.75) is 211 Å². The summed E-state index contributed by atoms with van der Waals surface area (Å²) in [5.74, 6) is -10.1. The highest BCUT2D eigenvalue weighted by Crippen LogP contribution is 2.44. The van der Waals surface area contributed by atoms with Crippen LogP contribution in [0.25, 0.3) is 0 Å². The summed E-state index contributed by atoms with van der Waals surface area (Å²) in [6.45, 7) is 12.0. The average Bonchev–Trinajstić information content (AvgIpc) is 0.736. The molecule has 3 heterocycles. The van der Waals surface area contributed by atoms with Crippen LogP contribution in [0.1, 0.15) is 81.3 Å². The van der Waals surface area contributed by atoms with E-state index in [-0.39, 0.29) is 52.9 Å². The molecule has 107 heavy (non-hydrogen) atoms. The Morgan fingerprint density at radius 1 is 0.477 bits per heavy atom. The quantitative estimate of drug-likeness (QED) is 0.0199. The van der Waals surface area contributed by atoms with Crippen LogP contribution in [-0.2, 0) is 154 Å². The molecule has 25 nitrogen and oxygen atoms in total. The van der Waals surface area contributed by atoms with Crippen LogP contribution in [0.5, 0.6) is 0 Å². The van der Waals surface area contributed by atoms with E-state index in [1.807, 2.05) is 182 Å². The Labute approximate surface area is 625 Å². The summed E-state index contributed by atoms with van der Waals surface area (Å²) in [4.78, 5) is 98.2. The van der Waals surface area contributed by atoms with E-state index in [1.54, 1.807) is 0 Å². The molecule has 2 amide bonds. The van der Waals surface area contributed by atoms with Gasteiger partial charge in [-0.3, -0.25) is 33.7 Å². The summed E-state index contributed by atoms with van der Waals surface area (Å²) in [6.07, 6.45) is -22.3. The zero-order valence-electron chi connectivity index (χ0n) is 62.2. The maximum Gasteiger partial charge on any atom is 0.366 e. The van der Waals surface area contributed by atoms with E-state index < -0.39 is 160 Å². The van der Waals surface area contributed by atoms with Crippen LogP contribution in [0.15, 0.2) is 182 Å². The summed E-state index contributed by atoms with van der Waals surface area (Å²) in [6, 6.07) is 55.3. The van der Waals surface area contributed by atoms with Gasteiger partial charge in [0.05, 0.1) is 66.4 Å². The van der Waals surface area contributed by atoms with Gasteiger partial charge in [-0.2, -0.15) is 0 Å². The molecule has 3 aliphatic rings. The molecule has 0 saturated carbocycles. The van der Waals surface area contributed by atoms with E-state index in [1.165, 1.54) is 0 Å². The Balaban J connectivity index is 1.29. The highest BCUT2D eigenvalue weighted by molar-refractivity contribution is 6.76. The Kier molecular flexibility index (Phi) is 31.4. The number of carbonyl (C=O) groups excluding carboxylic acids is 7. The molecule has 0 N–H and O–H groups in total. The minimum Gasteiger partial charge on any atom is -0.465 e. The highest BCUT2D eigenvalue weighted by atomic mass is 28.3. The van der Waals surface area contributed by atoms with Crippen LogP contribution < -0.4 is 0 Å². The molecule has 3 saturated heterocycles. The summed E-state index contributed by atoms with van der Waals surface area (Å²) in [7, 11) is -0.716. The van der Waals surface area contributed by atoms with E-state index in [9.17, 15) is 28.8 Å². The lowest BCUT2D eigenvalue weighted by Crippen LogP contribution is -2.72. The molecule has 3 aliphatic heterocycles. The van der Waals surface area contributed by atoms with Gasteiger partial charge in [-0.15, -0.1) is 0 Å². The minimum atomic E-state index is -2.99. The first kappa shape index (κ1) is 82.6. The summed E-state index contributed by atoms with van der Waals surface area (Å²) < 4.78 is 115. The number of methoxy groups -OCH3 is 1. The number of benzene rings is 6. The van der Waals surface area contributed by atoms with Crippen molar-refractivity contribution in [3.8, 4) is 0 Å². The van der Waals surface area contributed by atoms with Crippen molar-refractivity contribution < 1.29 is 114 Å². The molecule has 0 radical (unpaired) electrons. The third-order valence-electron chi connectivity index (χ3n) is 17.9. The molecular formula is C81H99NO24Si. The van der Waals surface area contributed by atoms with E-state index >= 15 is 4.79 Å². The molecule has 0 spiro atoms. The summed E-state index contributed by atoms with van der Waals surface area (Å²) in [5, 5.41) is 0. The molecule has 576 valence electrons. The number of nitrogens with zero attached hydrogens (tertiary/aromatic N) is 1. The number of hydrogen-bond acceptors (Lipinski definition) is 24. The van der Waals surface area contributed by atoms with Gasteiger partial charge in [-0.05, 0) is 39.4 Å². The van der Waals surface area contributed by atoms with Gasteiger partial charge in [0.15, 0.2) is 24.8 Å². The lowest BCUT2D eigenvalue weighted by molar-refractivity contribution is -0.399. The number of hydrogen-bond donors (Lipinski definition) is 0. The molecule has 0 aliphatic carbocycles. The van der Waals surface area contributed by atoms with E-state index in [4.69, 9.17) is 80.5 Å². The largest absolute Gasteiger partial charge is 0.465 e. The highest BCUT2D eigenvalue weighted by Gasteiger charge is 2.65. The number of rotatable bonds is 37. The molecule has 3 fully saturated rings. The lowest BCUT2D eigenvalue weighted by Gasteiger charge is -2.54. The van der Waals surface area contributed by atoms with Gasteiger partial charge in [0, 0.05) is 56.2 Å². The van der Waals surface area contributed by atoms with Crippen molar-refractivity contribution in [1.82, 2.24) is 4.90 Å². The van der Waals surface area contributed by atoms with Crippen molar-refractivity contribution in [2.75, 3.05) is 33.5 Å². The van der Waals surface area contributed by atoms with Crippen LogP contribution in [-0.4, -0.2) is 186 Å². The lowest BCUT2D eigenvalue weighted by atomic mass is 9.86. The Bertz CT molecular complexity index is 3740. The molecule has 26 heteroatoms. The Hall–Kier alpha value is -8.45. The number of ether oxygens (including phenoxy) is 17. The first-order chi connectivity index (χ1) is 51.5. The molecule has 0 bridgehead atoms. The van der Waals surface area contributed by atoms with E-state index in [0.29, 0.717) is 22.6 Å². The van der Waals surface area contributed by atoms with E-state index in [2.05, 4.69) is 19.6 Å². The molecular weight excluding hydrogens is 1400 g/mol. The van der Waals surface area contributed by atoms with Gasteiger partial charge in [0.25, 0.3) is 5.79 Å². The van der Waals surface area contributed by atoms with Crippen molar-refractivity contribution >= 4 is 49.7 Å². The molecule has 6 aromatic carbocycles. The van der Waals surface area contributed by atoms with Gasteiger partial charge in [-0.1, -0.05) is 202 Å². The van der Waals surface area contributed by atoms with Crippen molar-refractivity contribution in [1.29, 1.82) is 0 Å². The number of imide groups is 1. The molecule has 6 aromatic rings. The zero-order valence-corrected chi connectivity index (χ0v) is 63.2. The number of amides is 2. The normalized spacial score (nSPS) is 24.9. The fourth-order valence-electron chi connectivity index (χ4n) is 13.0. The molecule has 9 rings (SSSR count). The van der Waals surface area contributed by atoms with Crippen LogP contribution in [0.2, 0.25) is 25.7 Å². The van der Waals surface area contributed by atoms with Crippen LogP contribution >= 0.6 is 0 Å². The van der Waals surface area contributed by atoms with Gasteiger partial charge < -0.3 is 80.5 Å². The van der Waals surface area contributed by atoms with Gasteiger partial charge in [0.1, 0.15) is 73.7 Å². The van der Waals surface area contributed by atoms with Gasteiger partial charge in [-0.25, -0.2) is 4.79 Å². The van der Waals surface area contributed by atoms with Crippen molar-refractivity contribution in [2.24, 2.45) is 0 Å². The molecule has 0 aromatic heterocycles. The zero-order chi connectivity index (χ0) is 76.5. The molecule has 0 unspecified atom stereocenters. The Morgan fingerprint density at radius 3 is 1.30 bits per heavy atom. The summed E-state index contributed by atoms with van der Waals surface area (Å²) in [5.41, 5.74) is 4.61. The van der Waals surface area contributed by atoms with Crippen molar-refractivity contribution in [3.63, 3.8) is 0 Å². The number of esters is 5. The average molecular weight is 1500 g/mol. The topological polar surface area (TPSA) is 280 Å². The predicted molar refractivity (Wildman–Crippen MR) is 388 cm³/mol. The van der Waals surface area contributed by atoms with Crippen LogP contribution in [0.3, 0.4) is 0 Å². The first-order valence-corrected chi connectivity index (χ1v) is 39.5. The molecule has 16 atom stereocenters.